The number of thioether (sulfide) groups is 1. The number of fused-ring (bicyclic) bond motifs is 1. The third-order valence-corrected chi connectivity index (χ3v) is 5.33. The maximum Gasteiger partial charge on any atom is 0.304 e. The van der Waals surface area contributed by atoms with Crippen molar-refractivity contribution in [3.8, 4) is 0 Å². The molecule has 3 rings (SSSR count). The number of nitrogens with zero attached hydrogens (tertiary/aromatic N) is 1. The number of hydrogen-bond acceptors (Lipinski definition) is 3. The summed E-state index contributed by atoms with van der Waals surface area (Å²) in [7, 11) is 0. The van der Waals surface area contributed by atoms with Gasteiger partial charge in [0, 0.05) is 30.1 Å². The zero-order valence-electron chi connectivity index (χ0n) is 11.2. The number of halogens is 1. The summed E-state index contributed by atoms with van der Waals surface area (Å²) in [5, 5.41) is 9.07. The quantitative estimate of drug-likeness (QED) is 0.931. The topological polar surface area (TPSA) is 40.5 Å². The van der Waals surface area contributed by atoms with E-state index >= 15 is 0 Å². The average molecular weight is 295 g/mol. The molecular weight excluding hydrogens is 277 g/mol. The Kier molecular flexibility index (Phi) is 3.98. The normalized spacial score (nSPS) is 26.4. The molecule has 1 N–H and O–H groups in total. The second-order valence-corrected chi connectivity index (χ2v) is 6.61. The second kappa shape index (κ2) is 5.74. The Morgan fingerprint density at radius 3 is 3.15 bits per heavy atom. The smallest absolute Gasteiger partial charge is 0.304 e. The Bertz CT molecular complexity index is 523. The molecule has 2 aliphatic rings. The lowest BCUT2D eigenvalue weighted by molar-refractivity contribution is -0.138. The molecule has 0 saturated carbocycles. The van der Waals surface area contributed by atoms with E-state index in [1.165, 1.54) is 11.6 Å². The van der Waals surface area contributed by atoms with Gasteiger partial charge in [-0.2, -0.15) is 11.8 Å². The lowest BCUT2D eigenvalue weighted by Gasteiger charge is -2.39. The van der Waals surface area contributed by atoms with E-state index in [0.29, 0.717) is 0 Å². The molecule has 0 radical (unpaired) electrons. The van der Waals surface area contributed by atoms with Crippen LogP contribution in [-0.4, -0.2) is 40.1 Å². The number of benzene rings is 1. The van der Waals surface area contributed by atoms with Crippen molar-refractivity contribution >= 4 is 17.7 Å². The fraction of sp³-hybridized carbons (Fsp3) is 0.533. The molecule has 1 aliphatic heterocycles. The van der Waals surface area contributed by atoms with Crippen LogP contribution in [0.3, 0.4) is 0 Å². The van der Waals surface area contributed by atoms with Crippen LogP contribution >= 0.6 is 11.8 Å². The summed E-state index contributed by atoms with van der Waals surface area (Å²) in [6.45, 7) is 0.921. The summed E-state index contributed by atoms with van der Waals surface area (Å²) in [5.74, 6) is 1.00. The van der Waals surface area contributed by atoms with Gasteiger partial charge in [-0.15, -0.1) is 0 Å². The molecule has 3 nitrogen and oxygen atoms in total. The first-order valence-electron chi connectivity index (χ1n) is 6.99. The molecule has 1 aliphatic carbocycles. The fourth-order valence-electron chi connectivity index (χ4n) is 3.36. The predicted molar refractivity (Wildman–Crippen MR) is 77.5 cm³/mol. The van der Waals surface area contributed by atoms with Gasteiger partial charge in [0.05, 0.1) is 6.42 Å². The predicted octanol–water partition coefficient (Wildman–Crippen LogP) is 2.71. The maximum absolute atomic E-state index is 13.3. The summed E-state index contributed by atoms with van der Waals surface area (Å²) in [6.07, 6.45) is 2.06. The highest BCUT2D eigenvalue weighted by Gasteiger charge is 2.34. The highest BCUT2D eigenvalue weighted by Crippen LogP contribution is 2.39. The number of carboxylic acid groups (broad SMARTS) is 1. The third kappa shape index (κ3) is 2.69. The van der Waals surface area contributed by atoms with E-state index < -0.39 is 5.97 Å². The van der Waals surface area contributed by atoms with Gasteiger partial charge in [-0.05, 0) is 36.1 Å². The van der Waals surface area contributed by atoms with E-state index in [4.69, 9.17) is 5.11 Å². The molecule has 1 saturated heterocycles. The Morgan fingerprint density at radius 2 is 2.35 bits per heavy atom. The molecular formula is C15H18FNO2S. The van der Waals surface area contributed by atoms with Gasteiger partial charge >= 0.3 is 5.97 Å². The van der Waals surface area contributed by atoms with E-state index in [2.05, 4.69) is 4.90 Å². The summed E-state index contributed by atoms with van der Waals surface area (Å²) < 4.78 is 13.3. The molecule has 0 bridgehead atoms. The molecule has 20 heavy (non-hydrogen) atoms. The van der Waals surface area contributed by atoms with E-state index in [0.717, 1.165) is 36.5 Å². The number of aryl methyl sites for hydroxylation is 1. The summed E-state index contributed by atoms with van der Waals surface area (Å²) in [5.41, 5.74) is 2.27. The van der Waals surface area contributed by atoms with Crippen molar-refractivity contribution in [3.63, 3.8) is 0 Å². The molecule has 0 aromatic heterocycles. The number of aliphatic carboxylic acids is 1. The van der Waals surface area contributed by atoms with Crippen LogP contribution in [0.5, 0.6) is 0 Å². The van der Waals surface area contributed by atoms with Crippen LogP contribution in [0.4, 0.5) is 4.39 Å². The molecule has 1 aromatic rings. The first kappa shape index (κ1) is 13.9. The van der Waals surface area contributed by atoms with Crippen LogP contribution < -0.4 is 0 Å². The van der Waals surface area contributed by atoms with Crippen molar-refractivity contribution in [2.75, 3.05) is 18.1 Å². The number of carbonyl (C=O) groups is 1. The summed E-state index contributed by atoms with van der Waals surface area (Å²) >= 11 is 1.83. The van der Waals surface area contributed by atoms with Crippen molar-refractivity contribution < 1.29 is 14.3 Å². The van der Waals surface area contributed by atoms with Crippen LogP contribution in [0, 0.1) is 5.82 Å². The molecule has 108 valence electrons. The van der Waals surface area contributed by atoms with E-state index in [1.54, 1.807) is 6.07 Å². The largest absolute Gasteiger partial charge is 0.481 e. The van der Waals surface area contributed by atoms with Gasteiger partial charge in [0.2, 0.25) is 0 Å². The Hall–Kier alpha value is -1.07. The van der Waals surface area contributed by atoms with Crippen molar-refractivity contribution in [3.05, 3.63) is 35.1 Å². The molecule has 2 atom stereocenters. The number of rotatable bonds is 3. The standard InChI is InChI=1S/C15H18FNO2S/c16-11-2-3-13-10(7-11)1-4-14(13)17-5-6-20-9-12(17)8-15(18)19/h2-3,7,12,14H,1,4-6,8-9H2,(H,18,19). The van der Waals surface area contributed by atoms with Crippen LogP contribution in [0.2, 0.25) is 0 Å². The molecule has 0 spiro atoms. The number of hydrogen-bond donors (Lipinski definition) is 1. The number of carboxylic acids is 1. The zero-order valence-corrected chi connectivity index (χ0v) is 12.0. The van der Waals surface area contributed by atoms with Crippen molar-refractivity contribution in [2.24, 2.45) is 0 Å². The molecule has 1 heterocycles. The van der Waals surface area contributed by atoms with Gasteiger partial charge in [-0.25, -0.2) is 4.39 Å². The highest BCUT2D eigenvalue weighted by molar-refractivity contribution is 7.99. The minimum absolute atomic E-state index is 0.0900. The Balaban J connectivity index is 1.83. The first-order valence-corrected chi connectivity index (χ1v) is 8.14. The van der Waals surface area contributed by atoms with Gasteiger partial charge in [-0.1, -0.05) is 6.07 Å². The second-order valence-electron chi connectivity index (χ2n) is 5.46. The van der Waals surface area contributed by atoms with Crippen LogP contribution in [0.25, 0.3) is 0 Å². The summed E-state index contributed by atoms with van der Waals surface area (Å²) in [4.78, 5) is 13.4. The van der Waals surface area contributed by atoms with Crippen LogP contribution in [0.15, 0.2) is 18.2 Å². The van der Waals surface area contributed by atoms with Crippen molar-refractivity contribution in [1.82, 2.24) is 4.90 Å². The van der Waals surface area contributed by atoms with Crippen molar-refractivity contribution in [2.45, 2.75) is 31.3 Å². The lowest BCUT2D eigenvalue weighted by atomic mass is 10.0. The SMILES string of the molecule is O=C(O)CC1CSCCN1C1CCc2cc(F)ccc21. The van der Waals surface area contributed by atoms with Crippen LogP contribution in [-0.2, 0) is 11.2 Å². The van der Waals surface area contributed by atoms with Gasteiger partial charge in [-0.3, -0.25) is 9.69 Å². The van der Waals surface area contributed by atoms with Gasteiger partial charge in [0.25, 0.3) is 0 Å². The highest BCUT2D eigenvalue weighted by atomic mass is 32.2. The minimum atomic E-state index is -0.736. The van der Waals surface area contributed by atoms with E-state index in [-0.39, 0.29) is 24.3 Å². The van der Waals surface area contributed by atoms with Gasteiger partial charge in [0.1, 0.15) is 5.82 Å². The average Bonchev–Trinajstić information content (AvgIpc) is 2.81. The Morgan fingerprint density at radius 1 is 1.50 bits per heavy atom. The van der Waals surface area contributed by atoms with Gasteiger partial charge in [0.15, 0.2) is 0 Å². The molecule has 1 fully saturated rings. The minimum Gasteiger partial charge on any atom is -0.481 e. The van der Waals surface area contributed by atoms with E-state index in [1.807, 2.05) is 17.8 Å². The maximum atomic E-state index is 13.3. The molecule has 2 unspecified atom stereocenters. The van der Waals surface area contributed by atoms with Gasteiger partial charge < -0.3 is 5.11 Å². The molecule has 1 aromatic carbocycles. The van der Waals surface area contributed by atoms with E-state index in [9.17, 15) is 9.18 Å². The first-order chi connectivity index (χ1) is 9.65. The third-order valence-electron chi connectivity index (χ3n) is 4.23. The Labute approximate surface area is 122 Å². The summed E-state index contributed by atoms with van der Waals surface area (Å²) in [6, 6.07) is 5.37. The van der Waals surface area contributed by atoms with Crippen LogP contribution in [0.1, 0.15) is 30.0 Å². The van der Waals surface area contributed by atoms with Crippen molar-refractivity contribution in [1.29, 1.82) is 0 Å². The molecule has 0 amide bonds. The lowest BCUT2D eigenvalue weighted by Crippen LogP contribution is -2.45. The zero-order chi connectivity index (χ0) is 14.1. The monoisotopic (exact) mass is 295 g/mol. The fourth-order valence-corrected chi connectivity index (χ4v) is 4.45. The molecule has 5 heteroatoms.